The van der Waals surface area contributed by atoms with Gasteiger partial charge in [0.25, 0.3) is 0 Å². The van der Waals surface area contributed by atoms with Gasteiger partial charge in [0.1, 0.15) is 5.82 Å². The number of H-pyrrole nitrogens is 1. The number of aromatic nitrogens is 2. The summed E-state index contributed by atoms with van der Waals surface area (Å²) in [7, 11) is 0. The normalized spacial score (nSPS) is 21.9. The van der Waals surface area contributed by atoms with E-state index >= 15 is 0 Å². The van der Waals surface area contributed by atoms with E-state index in [-0.39, 0.29) is 5.41 Å². The summed E-state index contributed by atoms with van der Waals surface area (Å²) in [6.45, 7) is 6.68. The minimum Gasteiger partial charge on any atom is -0.341 e. The molecule has 0 unspecified atom stereocenters. The van der Waals surface area contributed by atoms with Crippen molar-refractivity contribution < 1.29 is 0 Å². The van der Waals surface area contributed by atoms with Crippen LogP contribution in [0.5, 0.6) is 0 Å². The van der Waals surface area contributed by atoms with Crippen LogP contribution in [-0.2, 0) is 0 Å². The van der Waals surface area contributed by atoms with E-state index in [0.29, 0.717) is 21.9 Å². The second-order valence-corrected chi connectivity index (χ2v) is 8.87. The Hall–Kier alpha value is -1.29. The van der Waals surface area contributed by atoms with Gasteiger partial charge in [0.05, 0.1) is 10.6 Å². The van der Waals surface area contributed by atoms with Gasteiger partial charge in [0, 0.05) is 21.7 Å². The van der Waals surface area contributed by atoms with E-state index in [4.69, 9.17) is 28.2 Å². The number of imidazole rings is 1. The molecule has 0 radical (unpaired) electrons. The number of benzene rings is 1. The molecule has 2 atom stereocenters. The van der Waals surface area contributed by atoms with Crippen LogP contribution in [0.25, 0.3) is 10.7 Å². The molecule has 2 nitrogen and oxygen atoms in total. The molecule has 1 saturated carbocycles. The summed E-state index contributed by atoms with van der Waals surface area (Å²) in [4.78, 5) is 9.54. The van der Waals surface area contributed by atoms with E-state index in [2.05, 4.69) is 43.3 Å². The summed E-state index contributed by atoms with van der Waals surface area (Å²) in [6, 6.07) is 9.99. The maximum absolute atomic E-state index is 6.21. The van der Waals surface area contributed by atoms with Gasteiger partial charge in [-0.05, 0) is 53.5 Å². The van der Waals surface area contributed by atoms with Crippen molar-refractivity contribution in [2.24, 2.45) is 5.41 Å². The summed E-state index contributed by atoms with van der Waals surface area (Å²) in [6.07, 6.45) is 0. The molecule has 1 aliphatic carbocycles. The van der Waals surface area contributed by atoms with Gasteiger partial charge < -0.3 is 4.98 Å². The van der Waals surface area contributed by atoms with Crippen molar-refractivity contribution in [2.75, 3.05) is 0 Å². The fourth-order valence-electron chi connectivity index (χ4n) is 3.83. The molecule has 1 N–H and O–H groups in total. The maximum atomic E-state index is 6.21. The Balaban J connectivity index is 1.72. The van der Waals surface area contributed by atoms with Gasteiger partial charge in [-0.2, -0.15) is 0 Å². The molecule has 0 spiro atoms. The highest BCUT2D eigenvalue weighted by molar-refractivity contribution is 7.13. The lowest BCUT2D eigenvalue weighted by molar-refractivity contribution is 0.597. The zero-order valence-corrected chi connectivity index (χ0v) is 16.1. The second-order valence-electron chi connectivity index (χ2n) is 7.05. The standard InChI is InChI=1S/C19H18Cl2N2S/c1-10-17(23-18(22-10)14-5-4-6-24-14)16-15(19(16,2)3)11-7-12(20)9-13(21)8-11/h4-9,15-16H,1-3H3,(H,22,23)/t15-,16+/m1/s1. The molecule has 24 heavy (non-hydrogen) atoms. The molecule has 1 fully saturated rings. The molecule has 4 rings (SSSR count). The van der Waals surface area contributed by atoms with Gasteiger partial charge in [-0.15, -0.1) is 11.3 Å². The van der Waals surface area contributed by atoms with Gasteiger partial charge in [-0.3, -0.25) is 0 Å². The van der Waals surface area contributed by atoms with Crippen LogP contribution >= 0.6 is 34.5 Å². The quantitative estimate of drug-likeness (QED) is 0.543. The number of nitrogens with zero attached hydrogens (tertiary/aromatic N) is 1. The fraction of sp³-hybridized carbons (Fsp3) is 0.316. The summed E-state index contributed by atoms with van der Waals surface area (Å²) >= 11 is 14.1. The molecule has 5 heteroatoms. The highest BCUT2D eigenvalue weighted by atomic mass is 35.5. The fourth-order valence-corrected chi connectivity index (χ4v) is 5.04. The van der Waals surface area contributed by atoms with Gasteiger partial charge >= 0.3 is 0 Å². The van der Waals surface area contributed by atoms with E-state index in [1.165, 1.54) is 10.4 Å². The summed E-state index contributed by atoms with van der Waals surface area (Å²) in [5.74, 6) is 1.71. The third-order valence-electron chi connectivity index (χ3n) is 5.04. The van der Waals surface area contributed by atoms with Crippen LogP contribution in [0, 0.1) is 12.3 Å². The Morgan fingerprint density at radius 3 is 2.46 bits per heavy atom. The van der Waals surface area contributed by atoms with Gasteiger partial charge in [-0.25, -0.2) is 4.98 Å². The maximum Gasteiger partial charge on any atom is 0.147 e. The highest BCUT2D eigenvalue weighted by Gasteiger charge is 2.60. The van der Waals surface area contributed by atoms with Gasteiger partial charge in [-0.1, -0.05) is 43.1 Å². The predicted octanol–water partition coefficient (Wildman–Crippen LogP) is 6.66. The van der Waals surface area contributed by atoms with E-state index in [1.807, 2.05) is 12.1 Å². The molecule has 2 aromatic heterocycles. The van der Waals surface area contributed by atoms with Crippen LogP contribution in [-0.4, -0.2) is 9.97 Å². The number of nitrogens with one attached hydrogen (secondary N) is 1. The van der Waals surface area contributed by atoms with E-state index in [1.54, 1.807) is 17.4 Å². The van der Waals surface area contributed by atoms with Crippen LogP contribution in [0.1, 0.15) is 42.6 Å². The molecule has 3 aromatic rings. The topological polar surface area (TPSA) is 28.7 Å². The van der Waals surface area contributed by atoms with E-state index in [0.717, 1.165) is 17.2 Å². The van der Waals surface area contributed by atoms with Crippen molar-refractivity contribution >= 4 is 34.5 Å². The first-order chi connectivity index (χ1) is 11.4. The third-order valence-corrected chi connectivity index (χ3v) is 6.36. The van der Waals surface area contributed by atoms with Crippen LogP contribution < -0.4 is 0 Å². The number of aryl methyl sites for hydroxylation is 1. The van der Waals surface area contributed by atoms with Gasteiger partial charge in [0.2, 0.25) is 0 Å². The number of hydrogen-bond acceptors (Lipinski definition) is 2. The van der Waals surface area contributed by atoms with Crippen LogP contribution in [0.2, 0.25) is 10.0 Å². The molecule has 0 bridgehead atoms. The Morgan fingerprint density at radius 2 is 1.83 bits per heavy atom. The molecule has 124 valence electrons. The SMILES string of the molecule is Cc1[nH]c(-c2cccs2)nc1[C@@H]1[C@@H](c2cc(Cl)cc(Cl)c2)C1(C)C. The van der Waals surface area contributed by atoms with Crippen LogP contribution in [0.3, 0.4) is 0 Å². The van der Waals surface area contributed by atoms with E-state index < -0.39 is 0 Å². The average molecular weight is 377 g/mol. The van der Waals surface area contributed by atoms with Crippen molar-refractivity contribution in [3.05, 3.63) is 62.7 Å². The Labute approximate surface area is 155 Å². The smallest absolute Gasteiger partial charge is 0.147 e. The Kier molecular flexibility index (Phi) is 3.79. The van der Waals surface area contributed by atoms with Gasteiger partial charge in [0.15, 0.2) is 0 Å². The van der Waals surface area contributed by atoms with Crippen LogP contribution in [0.15, 0.2) is 35.7 Å². The number of thiophene rings is 1. The zero-order chi connectivity index (χ0) is 17.1. The number of halogens is 2. The number of aromatic amines is 1. The molecule has 0 amide bonds. The largest absolute Gasteiger partial charge is 0.341 e. The van der Waals surface area contributed by atoms with Crippen molar-refractivity contribution in [2.45, 2.75) is 32.6 Å². The molecule has 2 heterocycles. The summed E-state index contributed by atoms with van der Waals surface area (Å²) in [5.41, 5.74) is 3.64. The number of hydrogen-bond donors (Lipinski definition) is 1. The molecule has 0 saturated heterocycles. The van der Waals surface area contributed by atoms with Crippen molar-refractivity contribution in [3.8, 4) is 10.7 Å². The summed E-state index contributed by atoms with van der Waals surface area (Å²) in [5, 5.41) is 3.46. The van der Waals surface area contributed by atoms with Crippen molar-refractivity contribution in [1.82, 2.24) is 9.97 Å². The number of rotatable bonds is 3. The molecular weight excluding hydrogens is 359 g/mol. The Bertz CT molecular complexity index is 876. The monoisotopic (exact) mass is 376 g/mol. The van der Waals surface area contributed by atoms with Crippen molar-refractivity contribution in [1.29, 1.82) is 0 Å². The van der Waals surface area contributed by atoms with Crippen LogP contribution in [0.4, 0.5) is 0 Å². The predicted molar refractivity (Wildman–Crippen MR) is 102 cm³/mol. The Morgan fingerprint density at radius 1 is 1.12 bits per heavy atom. The highest BCUT2D eigenvalue weighted by Crippen LogP contribution is 2.70. The van der Waals surface area contributed by atoms with Crippen molar-refractivity contribution in [3.63, 3.8) is 0 Å². The molecule has 1 aromatic carbocycles. The second kappa shape index (κ2) is 5.62. The lowest BCUT2D eigenvalue weighted by atomic mass is 10.0. The molecule has 0 aliphatic heterocycles. The first-order valence-electron chi connectivity index (χ1n) is 7.94. The minimum atomic E-state index is 0.140. The lowest BCUT2D eigenvalue weighted by Crippen LogP contribution is -1.92. The molecule has 1 aliphatic rings. The third kappa shape index (κ3) is 2.59. The lowest BCUT2D eigenvalue weighted by Gasteiger charge is -2.04. The zero-order valence-electron chi connectivity index (χ0n) is 13.7. The summed E-state index contributed by atoms with van der Waals surface area (Å²) < 4.78 is 0. The average Bonchev–Trinajstić information content (AvgIpc) is 2.92. The molecular formula is C19H18Cl2N2S. The minimum absolute atomic E-state index is 0.140. The van der Waals surface area contributed by atoms with E-state index in [9.17, 15) is 0 Å². The first-order valence-corrected chi connectivity index (χ1v) is 9.58. The first kappa shape index (κ1) is 16.2.